The summed E-state index contributed by atoms with van der Waals surface area (Å²) in [6.07, 6.45) is 7.36. The third-order valence-corrected chi connectivity index (χ3v) is 5.06. The van der Waals surface area contributed by atoms with E-state index in [9.17, 15) is 4.79 Å². The van der Waals surface area contributed by atoms with Gasteiger partial charge in [-0.1, -0.05) is 23.5 Å². The Hall–Kier alpha value is -2.34. The number of allylic oxidation sites excluding steroid dienone is 1. The van der Waals surface area contributed by atoms with Crippen molar-refractivity contribution in [3.63, 3.8) is 0 Å². The van der Waals surface area contributed by atoms with Gasteiger partial charge in [0.15, 0.2) is 16.6 Å². The molecule has 1 fully saturated rings. The molecule has 0 bridgehead atoms. The van der Waals surface area contributed by atoms with E-state index in [0.29, 0.717) is 10.9 Å². The number of carbonyl (C=O) groups is 1. The molecule has 0 radical (unpaired) electrons. The number of nitrogens with zero attached hydrogens (tertiary/aromatic N) is 1. The molecular formula is C17H16N2O3S. The molecule has 4 rings (SSSR count). The summed E-state index contributed by atoms with van der Waals surface area (Å²) >= 11 is 1.47. The van der Waals surface area contributed by atoms with E-state index in [1.807, 2.05) is 37.3 Å². The normalized spacial score (nSPS) is 17.4. The van der Waals surface area contributed by atoms with Gasteiger partial charge in [0.1, 0.15) is 0 Å². The molecule has 5 nitrogen and oxygen atoms in total. The lowest BCUT2D eigenvalue weighted by molar-refractivity contribution is -0.118. The fourth-order valence-corrected chi connectivity index (χ4v) is 3.55. The van der Waals surface area contributed by atoms with Gasteiger partial charge in [0.05, 0.1) is 5.41 Å². The SMILES string of the molecule is CC=Cc1cnc(NC(=O)C2(c3ccc4c(c3)OCO4)CC2)s1. The van der Waals surface area contributed by atoms with Crippen LogP contribution in [0, 0.1) is 0 Å². The minimum atomic E-state index is -0.465. The first-order valence-corrected chi connectivity index (χ1v) is 8.33. The van der Waals surface area contributed by atoms with E-state index in [1.54, 1.807) is 6.20 Å². The Morgan fingerprint density at radius 3 is 2.96 bits per heavy atom. The molecule has 2 aromatic rings. The predicted octanol–water partition coefficient (Wildman–Crippen LogP) is 3.58. The van der Waals surface area contributed by atoms with E-state index in [0.717, 1.165) is 29.0 Å². The molecule has 0 saturated heterocycles. The molecule has 1 aliphatic heterocycles. The summed E-state index contributed by atoms with van der Waals surface area (Å²) in [5, 5.41) is 3.59. The Labute approximate surface area is 138 Å². The molecular weight excluding hydrogens is 312 g/mol. The van der Waals surface area contributed by atoms with Crippen molar-refractivity contribution < 1.29 is 14.3 Å². The van der Waals surface area contributed by atoms with E-state index >= 15 is 0 Å². The van der Waals surface area contributed by atoms with Gasteiger partial charge in [-0.05, 0) is 43.5 Å². The number of aromatic nitrogens is 1. The van der Waals surface area contributed by atoms with Crippen molar-refractivity contribution in [1.82, 2.24) is 4.98 Å². The fraction of sp³-hybridized carbons (Fsp3) is 0.294. The van der Waals surface area contributed by atoms with Gasteiger partial charge in [-0.25, -0.2) is 4.98 Å². The number of nitrogens with one attached hydrogen (secondary N) is 1. The highest BCUT2D eigenvalue weighted by atomic mass is 32.1. The van der Waals surface area contributed by atoms with Gasteiger partial charge in [-0.15, -0.1) is 0 Å². The average Bonchev–Trinajstić information content (AvgIpc) is 3.03. The van der Waals surface area contributed by atoms with Crippen molar-refractivity contribution in [1.29, 1.82) is 0 Å². The highest BCUT2D eigenvalue weighted by Crippen LogP contribution is 2.51. The van der Waals surface area contributed by atoms with E-state index in [2.05, 4.69) is 10.3 Å². The maximum Gasteiger partial charge on any atom is 0.236 e. The first-order valence-electron chi connectivity index (χ1n) is 7.51. The highest BCUT2D eigenvalue weighted by molar-refractivity contribution is 7.16. The second-order valence-electron chi connectivity index (χ2n) is 5.67. The lowest BCUT2D eigenvalue weighted by Gasteiger charge is -2.15. The summed E-state index contributed by atoms with van der Waals surface area (Å²) in [7, 11) is 0. The van der Waals surface area contributed by atoms with Gasteiger partial charge < -0.3 is 14.8 Å². The van der Waals surface area contributed by atoms with Crippen LogP contribution in [0.5, 0.6) is 11.5 Å². The van der Waals surface area contributed by atoms with Crippen molar-refractivity contribution in [3.05, 3.63) is 40.9 Å². The summed E-state index contributed by atoms with van der Waals surface area (Å²) in [4.78, 5) is 18.0. The van der Waals surface area contributed by atoms with Gasteiger partial charge in [-0.2, -0.15) is 0 Å². The van der Waals surface area contributed by atoms with Crippen molar-refractivity contribution >= 4 is 28.5 Å². The zero-order valence-electron chi connectivity index (χ0n) is 12.7. The van der Waals surface area contributed by atoms with Gasteiger partial charge in [0.25, 0.3) is 0 Å². The van der Waals surface area contributed by atoms with Crippen LogP contribution in [-0.2, 0) is 10.2 Å². The molecule has 2 heterocycles. The fourth-order valence-electron chi connectivity index (χ4n) is 2.77. The number of benzene rings is 1. The number of amides is 1. The molecule has 0 atom stereocenters. The van der Waals surface area contributed by atoms with Crippen molar-refractivity contribution in [2.24, 2.45) is 0 Å². The van der Waals surface area contributed by atoms with Crippen LogP contribution in [0.3, 0.4) is 0 Å². The zero-order chi connectivity index (χ0) is 15.9. The number of ether oxygens (including phenoxy) is 2. The third kappa shape index (κ3) is 2.49. The Morgan fingerprint density at radius 1 is 1.35 bits per heavy atom. The Bertz CT molecular complexity index is 793. The number of thiazole rings is 1. The first kappa shape index (κ1) is 14.3. The van der Waals surface area contributed by atoms with Crippen LogP contribution in [0.25, 0.3) is 6.08 Å². The summed E-state index contributed by atoms with van der Waals surface area (Å²) in [6.45, 7) is 2.20. The molecule has 1 saturated carbocycles. The average molecular weight is 328 g/mol. The number of fused-ring (bicyclic) bond motifs is 1. The molecule has 1 N–H and O–H groups in total. The van der Waals surface area contributed by atoms with Crippen molar-refractivity contribution in [2.75, 3.05) is 12.1 Å². The molecule has 1 aromatic carbocycles. The molecule has 1 aliphatic carbocycles. The maximum atomic E-state index is 12.7. The smallest absolute Gasteiger partial charge is 0.236 e. The van der Waals surface area contributed by atoms with Gasteiger partial charge in [0.2, 0.25) is 12.7 Å². The van der Waals surface area contributed by atoms with Crippen LogP contribution in [0.4, 0.5) is 5.13 Å². The monoisotopic (exact) mass is 328 g/mol. The summed E-state index contributed by atoms with van der Waals surface area (Å²) in [5.41, 5.74) is 0.512. The largest absolute Gasteiger partial charge is 0.454 e. The topological polar surface area (TPSA) is 60.5 Å². The quantitative estimate of drug-likeness (QED) is 0.932. The van der Waals surface area contributed by atoms with Crippen LogP contribution in [0.1, 0.15) is 30.2 Å². The van der Waals surface area contributed by atoms with Crippen LogP contribution in [0.15, 0.2) is 30.5 Å². The molecule has 1 amide bonds. The third-order valence-electron chi connectivity index (χ3n) is 4.18. The summed E-state index contributed by atoms with van der Waals surface area (Å²) in [6, 6.07) is 5.74. The lowest BCUT2D eigenvalue weighted by atomic mass is 9.94. The standard InChI is InChI=1S/C17H16N2O3S/c1-2-3-12-9-18-16(23-12)19-15(20)17(6-7-17)11-4-5-13-14(8-11)22-10-21-13/h2-5,8-9H,6-7,10H2,1H3,(H,18,19,20). The van der Waals surface area contributed by atoms with E-state index in [-0.39, 0.29) is 12.7 Å². The highest BCUT2D eigenvalue weighted by Gasteiger charge is 2.51. The van der Waals surface area contributed by atoms with Crippen molar-refractivity contribution in [3.8, 4) is 11.5 Å². The zero-order valence-corrected chi connectivity index (χ0v) is 13.5. The number of rotatable bonds is 4. The minimum absolute atomic E-state index is 0.00209. The van der Waals surface area contributed by atoms with E-state index < -0.39 is 5.41 Å². The molecule has 23 heavy (non-hydrogen) atoms. The second kappa shape index (κ2) is 5.38. The minimum Gasteiger partial charge on any atom is -0.454 e. The van der Waals surface area contributed by atoms with Crippen LogP contribution in [0.2, 0.25) is 0 Å². The molecule has 118 valence electrons. The van der Waals surface area contributed by atoms with Gasteiger partial charge in [0, 0.05) is 11.1 Å². The molecule has 2 aliphatic rings. The van der Waals surface area contributed by atoms with E-state index in [1.165, 1.54) is 11.3 Å². The number of hydrogen-bond donors (Lipinski definition) is 1. The number of carbonyl (C=O) groups excluding carboxylic acids is 1. The Kier molecular flexibility index (Phi) is 3.34. The molecule has 1 aromatic heterocycles. The van der Waals surface area contributed by atoms with Gasteiger partial charge in [-0.3, -0.25) is 4.79 Å². The van der Waals surface area contributed by atoms with Crippen LogP contribution < -0.4 is 14.8 Å². The van der Waals surface area contributed by atoms with Gasteiger partial charge >= 0.3 is 0 Å². The van der Waals surface area contributed by atoms with Crippen molar-refractivity contribution in [2.45, 2.75) is 25.2 Å². The number of anilines is 1. The number of hydrogen-bond acceptors (Lipinski definition) is 5. The molecule has 0 spiro atoms. The summed E-state index contributed by atoms with van der Waals surface area (Å²) in [5.74, 6) is 1.45. The maximum absolute atomic E-state index is 12.7. The first-order chi connectivity index (χ1) is 11.2. The second-order valence-corrected chi connectivity index (χ2v) is 6.73. The summed E-state index contributed by atoms with van der Waals surface area (Å²) < 4.78 is 10.7. The van der Waals surface area contributed by atoms with E-state index in [4.69, 9.17) is 9.47 Å². The lowest BCUT2D eigenvalue weighted by Crippen LogP contribution is -2.27. The molecule has 0 unspecified atom stereocenters. The molecule has 6 heteroatoms. The predicted molar refractivity (Wildman–Crippen MR) is 88.9 cm³/mol. The Balaban J connectivity index is 1.55. The Morgan fingerprint density at radius 2 is 2.17 bits per heavy atom. The van der Waals surface area contributed by atoms with Crippen LogP contribution >= 0.6 is 11.3 Å². The van der Waals surface area contributed by atoms with Crippen LogP contribution in [-0.4, -0.2) is 17.7 Å².